The van der Waals surface area contributed by atoms with Crippen molar-refractivity contribution in [3.05, 3.63) is 34.9 Å². The van der Waals surface area contributed by atoms with Crippen LogP contribution < -0.4 is 0 Å². The minimum absolute atomic E-state index is 0.0965. The molecule has 112 valence electrons. The predicted molar refractivity (Wildman–Crippen MR) is 84.0 cm³/mol. The molecule has 1 N–H and O–H groups in total. The average Bonchev–Trinajstić information content (AvgIpc) is 2.48. The summed E-state index contributed by atoms with van der Waals surface area (Å²) in [5.41, 5.74) is 2.43. The Morgan fingerprint density at radius 1 is 1.43 bits per heavy atom. The van der Waals surface area contributed by atoms with Crippen molar-refractivity contribution in [1.82, 2.24) is 4.90 Å². The highest BCUT2D eigenvalue weighted by molar-refractivity contribution is 5.96. The summed E-state index contributed by atoms with van der Waals surface area (Å²) in [6.45, 7) is 6.92. The maximum Gasteiger partial charge on any atom is 0.254 e. The number of aliphatic hydroxyl groups is 1. The van der Waals surface area contributed by atoms with Crippen LogP contribution in [0.4, 0.5) is 0 Å². The van der Waals surface area contributed by atoms with Gasteiger partial charge in [-0.3, -0.25) is 4.79 Å². The van der Waals surface area contributed by atoms with Gasteiger partial charge in [-0.05, 0) is 50.3 Å². The Morgan fingerprint density at radius 2 is 2.19 bits per heavy atom. The van der Waals surface area contributed by atoms with Crippen LogP contribution in [0.1, 0.15) is 48.2 Å². The summed E-state index contributed by atoms with van der Waals surface area (Å²) >= 11 is 0. The Kier molecular flexibility index (Phi) is 5.03. The molecule has 1 heterocycles. The van der Waals surface area contributed by atoms with Crippen LogP contribution in [-0.2, 0) is 0 Å². The van der Waals surface area contributed by atoms with E-state index < -0.39 is 0 Å². The number of amides is 1. The zero-order valence-corrected chi connectivity index (χ0v) is 13.0. The molecule has 0 aromatic heterocycles. The molecule has 2 rings (SSSR count). The fourth-order valence-corrected chi connectivity index (χ4v) is 2.91. The lowest BCUT2D eigenvalue weighted by atomic mass is 9.91. The van der Waals surface area contributed by atoms with Crippen molar-refractivity contribution in [2.45, 2.75) is 39.7 Å². The second kappa shape index (κ2) is 6.78. The van der Waals surface area contributed by atoms with Gasteiger partial charge in [-0.25, -0.2) is 0 Å². The van der Waals surface area contributed by atoms with Crippen molar-refractivity contribution in [1.29, 1.82) is 0 Å². The molecule has 2 atom stereocenters. The highest BCUT2D eigenvalue weighted by Crippen LogP contribution is 2.25. The molecule has 1 aromatic carbocycles. The number of hydrogen-bond acceptors (Lipinski definition) is 2. The van der Waals surface area contributed by atoms with Gasteiger partial charge in [-0.1, -0.05) is 24.8 Å². The van der Waals surface area contributed by atoms with Crippen LogP contribution in [0.5, 0.6) is 0 Å². The molecule has 0 spiro atoms. The Morgan fingerprint density at radius 3 is 2.90 bits per heavy atom. The third-order valence-corrected chi connectivity index (χ3v) is 4.50. The molecule has 1 aliphatic rings. The van der Waals surface area contributed by atoms with Crippen molar-refractivity contribution in [3.8, 4) is 11.8 Å². The molecule has 1 fully saturated rings. The molecule has 0 radical (unpaired) electrons. The van der Waals surface area contributed by atoms with Crippen molar-refractivity contribution < 1.29 is 9.90 Å². The molecule has 21 heavy (non-hydrogen) atoms. The Bertz CT molecular complexity index is 583. The van der Waals surface area contributed by atoms with Gasteiger partial charge in [0.2, 0.25) is 0 Å². The average molecular weight is 285 g/mol. The van der Waals surface area contributed by atoms with E-state index in [4.69, 9.17) is 5.11 Å². The van der Waals surface area contributed by atoms with Crippen molar-refractivity contribution in [2.75, 3.05) is 13.2 Å². The van der Waals surface area contributed by atoms with E-state index in [0.717, 1.165) is 29.7 Å². The Hall–Kier alpha value is -1.79. The topological polar surface area (TPSA) is 40.5 Å². The van der Waals surface area contributed by atoms with Gasteiger partial charge in [-0.15, -0.1) is 0 Å². The van der Waals surface area contributed by atoms with E-state index in [-0.39, 0.29) is 18.6 Å². The minimum Gasteiger partial charge on any atom is -0.384 e. The van der Waals surface area contributed by atoms with E-state index in [1.54, 1.807) is 0 Å². The lowest BCUT2D eigenvalue weighted by Crippen LogP contribution is -2.46. The number of carbonyl (C=O) groups is 1. The van der Waals surface area contributed by atoms with E-state index >= 15 is 0 Å². The van der Waals surface area contributed by atoms with Crippen molar-refractivity contribution in [3.63, 3.8) is 0 Å². The quantitative estimate of drug-likeness (QED) is 0.806. The van der Waals surface area contributed by atoms with Gasteiger partial charge in [0.15, 0.2) is 0 Å². The third-order valence-electron chi connectivity index (χ3n) is 4.50. The van der Waals surface area contributed by atoms with Gasteiger partial charge in [0.25, 0.3) is 5.91 Å². The molecule has 1 saturated heterocycles. The number of hydrogen-bond donors (Lipinski definition) is 1. The van der Waals surface area contributed by atoms with Crippen molar-refractivity contribution >= 4 is 5.91 Å². The first kappa shape index (κ1) is 15.6. The fourth-order valence-electron chi connectivity index (χ4n) is 2.91. The first-order chi connectivity index (χ1) is 10.1. The van der Waals surface area contributed by atoms with Crippen LogP contribution >= 0.6 is 0 Å². The third kappa shape index (κ3) is 3.28. The maximum absolute atomic E-state index is 12.8. The van der Waals surface area contributed by atoms with Gasteiger partial charge in [0.05, 0.1) is 0 Å². The lowest BCUT2D eigenvalue weighted by Gasteiger charge is -2.38. The number of carbonyl (C=O) groups excluding carboxylic acids is 1. The largest absolute Gasteiger partial charge is 0.384 e. The van der Waals surface area contributed by atoms with E-state index in [0.29, 0.717) is 5.92 Å². The molecule has 0 aliphatic carbocycles. The molecule has 0 bridgehead atoms. The van der Waals surface area contributed by atoms with Crippen LogP contribution in [0, 0.1) is 24.7 Å². The second-order valence-electron chi connectivity index (χ2n) is 5.80. The molecule has 3 heteroatoms. The van der Waals surface area contributed by atoms with Gasteiger partial charge in [-0.2, -0.15) is 0 Å². The van der Waals surface area contributed by atoms with Gasteiger partial charge in [0.1, 0.15) is 6.61 Å². The summed E-state index contributed by atoms with van der Waals surface area (Å²) in [7, 11) is 0. The molecule has 1 aromatic rings. The zero-order chi connectivity index (χ0) is 15.4. The van der Waals surface area contributed by atoms with Crippen LogP contribution in [0.25, 0.3) is 0 Å². The number of aliphatic hydroxyl groups excluding tert-OH is 1. The number of nitrogens with zero attached hydrogens (tertiary/aromatic N) is 1. The number of rotatable bonds is 1. The van der Waals surface area contributed by atoms with Crippen LogP contribution in [0.2, 0.25) is 0 Å². The summed E-state index contributed by atoms with van der Waals surface area (Å²) in [5, 5.41) is 8.82. The fraction of sp³-hybridized carbons (Fsp3) is 0.500. The van der Waals surface area contributed by atoms with Crippen molar-refractivity contribution in [2.24, 2.45) is 5.92 Å². The van der Waals surface area contributed by atoms with Crippen LogP contribution in [-0.4, -0.2) is 35.1 Å². The summed E-state index contributed by atoms with van der Waals surface area (Å²) in [4.78, 5) is 14.8. The summed E-state index contributed by atoms with van der Waals surface area (Å²) in [6.07, 6.45) is 2.26. The first-order valence-corrected chi connectivity index (χ1v) is 7.56. The lowest BCUT2D eigenvalue weighted by molar-refractivity contribution is 0.0550. The van der Waals surface area contributed by atoms with E-state index in [9.17, 15) is 4.79 Å². The van der Waals surface area contributed by atoms with E-state index in [2.05, 4.69) is 25.7 Å². The summed E-state index contributed by atoms with van der Waals surface area (Å²) < 4.78 is 0. The highest BCUT2D eigenvalue weighted by Gasteiger charge is 2.29. The van der Waals surface area contributed by atoms with Gasteiger partial charge in [0, 0.05) is 23.7 Å². The summed E-state index contributed by atoms with van der Waals surface area (Å²) in [6, 6.07) is 5.89. The molecule has 1 aliphatic heterocycles. The monoisotopic (exact) mass is 285 g/mol. The SMILES string of the molecule is Cc1c(C#CCO)cccc1C(=O)N1CCCC(C)C1C. The molecule has 2 unspecified atom stereocenters. The van der Waals surface area contributed by atoms with Crippen LogP contribution in [0.3, 0.4) is 0 Å². The van der Waals surface area contributed by atoms with Gasteiger partial charge < -0.3 is 10.0 Å². The normalized spacial score (nSPS) is 21.6. The summed E-state index contributed by atoms with van der Waals surface area (Å²) in [5.74, 6) is 6.20. The molecule has 1 amide bonds. The Labute approximate surface area is 127 Å². The van der Waals surface area contributed by atoms with E-state index in [1.807, 2.05) is 30.0 Å². The molecule has 0 saturated carbocycles. The minimum atomic E-state index is -0.168. The molecular weight excluding hydrogens is 262 g/mol. The predicted octanol–water partition coefficient (Wildman–Crippen LogP) is 2.60. The maximum atomic E-state index is 12.8. The first-order valence-electron chi connectivity index (χ1n) is 7.56. The molecular formula is C18H23NO2. The Balaban J connectivity index is 2.31. The van der Waals surface area contributed by atoms with Gasteiger partial charge >= 0.3 is 0 Å². The molecule has 3 nitrogen and oxygen atoms in total. The number of benzene rings is 1. The second-order valence-corrected chi connectivity index (χ2v) is 5.80. The smallest absolute Gasteiger partial charge is 0.254 e. The van der Waals surface area contributed by atoms with E-state index in [1.165, 1.54) is 6.42 Å². The number of likely N-dealkylation sites (tertiary alicyclic amines) is 1. The highest BCUT2D eigenvalue weighted by atomic mass is 16.2. The van der Waals surface area contributed by atoms with Crippen LogP contribution in [0.15, 0.2) is 18.2 Å². The number of piperidine rings is 1. The standard InChI is InChI=1S/C18H23NO2/c1-13-7-5-11-19(15(13)3)18(21)17-10-4-8-16(14(17)2)9-6-12-20/h4,8,10,13,15,20H,5,7,11-12H2,1-3H3. The zero-order valence-electron chi connectivity index (χ0n) is 13.0.